The summed E-state index contributed by atoms with van der Waals surface area (Å²) in [4.78, 5) is 22.0. The number of morpholine rings is 1. The van der Waals surface area contributed by atoms with Crippen molar-refractivity contribution in [2.75, 3.05) is 45.9 Å². The lowest BCUT2D eigenvalue weighted by molar-refractivity contribution is -0.0966. The molecule has 3 aliphatic rings. The van der Waals surface area contributed by atoms with Crippen molar-refractivity contribution < 1.29 is 9.53 Å². The first kappa shape index (κ1) is 18.8. The number of rotatable bonds is 4. The quantitative estimate of drug-likeness (QED) is 0.800. The number of benzene rings is 1. The van der Waals surface area contributed by atoms with Crippen molar-refractivity contribution in [3.05, 3.63) is 48.5 Å². The van der Waals surface area contributed by atoms with Gasteiger partial charge in [0.2, 0.25) is 0 Å². The van der Waals surface area contributed by atoms with E-state index in [1.165, 1.54) is 6.42 Å². The van der Waals surface area contributed by atoms with Crippen molar-refractivity contribution in [2.24, 2.45) is 16.7 Å². The van der Waals surface area contributed by atoms with E-state index in [1.807, 2.05) is 35.0 Å². The molecule has 2 aliphatic heterocycles. The van der Waals surface area contributed by atoms with Crippen LogP contribution in [0.1, 0.15) is 30.6 Å². The van der Waals surface area contributed by atoms with Gasteiger partial charge in [-0.05, 0) is 42.0 Å². The zero-order chi connectivity index (χ0) is 20.1. The van der Waals surface area contributed by atoms with E-state index in [-0.39, 0.29) is 11.3 Å². The SMILES string of the molecule is CC1(C)C[C@]2(CN3CCOCC3)CN(C(=O)c3ccc(-n4ccnc4)cc3)C[C@H]12. The topological polar surface area (TPSA) is 50.6 Å². The number of nitrogens with zero attached hydrogens (tertiary/aromatic N) is 4. The number of carbonyl (C=O) groups excluding carboxylic acids is 1. The van der Waals surface area contributed by atoms with Gasteiger partial charge in [0, 0.05) is 61.8 Å². The molecule has 1 amide bonds. The summed E-state index contributed by atoms with van der Waals surface area (Å²) >= 11 is 0. The first-order valence-corrected chi connectivity index (χ1v) is 10.6. The van der Waals surface area contributed by atoms with Gasteiger partial charge in [-0.25, -0.2) is 4.98 Å². The van der Waals surface area contributed by atoms with Crippen LogP contribution in [0.5, 0.6) is 0 Å². The molecule has 2 saturated heterocycles. The van der Waals surface area contributed by atoms with Crippen LogP contribution in [-0.2, 0) is 4.74 Å². The van der Waals surface area contributed by atoms with Gasteiger partial charge >= 0.3 is 0 Å². The minimum atomic E-state index is 0.161. The Morgan fingerprint density at radius 3 is 2.62 bits per heavy atom. The first-order valence-electron chi connectivity index (χ1n) is 10.6. The molecule has 5 rings (SSSR count). The van der Waals surface area contributed by atoms with Crippen LogP contribution in [-0.4, -0.2) is 71.2 Å². The Hall–Kier alpha value is -2.18. The van der Waals surface area contributed by atoms with E-state index in [2.05, 4.69) is 28.6 Å². The molecule has 0 radical (unpaired) electrons. The Morgan fingerprint density at radius 1 is 1.21 bits per heavy atom. The third-order valence-corrected chi connectivity index (χ3v) is 7.25. The zero-order valence-electron chi connectivity index (χ0n) is 17.4. The second-order valence-electron chi connectivity index (χ2n) is 9.67. The maximum absolute atomic E-state index is 13.3. The fourth-order valence-corrected chi connectivity index (χ4v) is 6.07. The molecule has 6 heteroatoms. The molecule has 29 heavy (non-hydrogen) atoms. The summed E-state index contributed by atoms with van der Waals surface area (Å²) in [5.74, 6) is 0.737. The minimum absolute atomic E-state index is 0.161. The Bertz CT molecular complexity index is 871. The van der Waals surface area contributed by atoms with E-state index < -0.39 is 0 Å². The lowest BCUT2D eigenvalue weighted by Gasteiger charge is -2.58. The standard InChI is InChI=1S/C23H30N4O2/c1-22(2)14-23(15-25-9-11-29-12-10-25)16-27(13-20(22)23)21(28)18-3-5-19(6-4-18)26-8-7-24-17-26/h3-8,17,20H,9-16H2,1-2H3/t20-,23+/m1/s1. The summed E-state index contributed by atoms with van der Waals surface area (Å²) < 4.78 is 7.47. The summed E-state index contributed by atoms with van der Waals surface area (Å²) in [6.45, 7) is 11.3. The lowest BCUT2D eigenvalue weighted by Crippen LogP contribution is -2.59. The van der Waals surface area contributed by atoms with Gasteiger partial charge in [-0.15, -0.1) is 0 Å². The highest BCUT2D eigenvalue weighted by Gasteiger charge is 2.63. The van der Waals surface area contributed by atoms with Gasteiger partial charge in [-0.2, -0.15) is 0 Å². The summed E-state index contributed by atoms with van der Waals surface area (Å²) in [5, 5.41) is 0. The Morgan fingerprint density at radius 2 is 1.97 bits per heavy atom. The summed E-state index contributed by atoms with van der Waals surface area (Å²) in [6.07, 6.45) is 6.64. The van der Waals surface area contributed by atoms with Crippen molar-refractivity contribution in [1.82, 2.24) is 19.4 Å². The van der Waals surface area contributed by atoms with E-state index in [0.29, 0.717) is 11.3 Å². The van der Waals surface area contributed by atoms with Crippen LogP contribution in [0, 0.1) is 16.7 Å². The fraction of sp³-hybridized carbons (Fsp3) is 0.565. The van der Waals surface area contributed by atoms with Gasteiger partial charge in [-0.3, -0.25) is 9.69 Å². The number of likely N-dealkylation sites (tertiary alicyclic amines) is 1. The fourth-order valence-electron chi connectivity index (χ4n) is 6.07. The van der Waals surface area contributed by atoms with Crippen LogP contribution in [0.25, 0.3) is 5.69 Å². The van der Waals surface area contributed by atoms with Gasteiger partial charge in [-0.1, -0.05) is 13.8 Å². The molecular formula is C23H30N4O2. The highest BCUT2D eigenvalue weighted by Crippen LogP contribution is 2.63. The summed E-state index contributed by atoms with van der Waals surface area (Å²) in [7, 11) is 0. The monoisotopic (exact) mass is 394 g/mol. The van der Waals surface area contributed by atoms with Gasteiger partial charge in [0.05, 0.1) is 19.5 Å². The van der Waals surface area contributed by atoms with Crippen LogP contribution in [0.2, 0.25) is 0 Å². The molecule has 1 aromatic carbocycles. The third-order valence-electron chi connectivity index (χ3n) is 7.25. The van der Waals surface area contributed by atoms with Crippen LogP contribution in [0.4, 0.5) is 0 Å². The number of imidazole rings is 1. The van der Waals surface area contributed by atoms with E-state index in [0.717, 1.165) is 57.2 Å². The molecule has 2 aromatic rings. The van der Waals surface area contributed by atoms with Crippen molar-refractivity contribution in [1.29, 1.82) is 0 Å². The number of amides is 1. The average molecular weight is 395 g/mol. The second-order valence-corrected chi connectivity index (χ2v) is 9.67. The smallest absolute Gasteiger partial charge is 0.253 e. The molecule has 6 nitrogen and oxygen atoms in total. The van der Waals surface area contributed by atoms with Gasteiger partial charge < -0.3 is 14.2 Å². The van der Waals surface area contributed by atoms with E-state index in [9.17, 15) is 4.79 Å². The van der Waals surface area contributed by atoms with Crippen LogP contribution in [0.3, 0.4) is 0 Å². The molecule has 3 fully saturated rings. The Balaban J connectivity index is 1.32. The average Bonchev–Trinajstić information content (AvgIpc) is 3.35. The maximum atomic E-state index is 13.3. The number of carbonyl (C=O) groups is 1. The zero-order valence-corrected chi connectivity index (χ0v) is 17.4. The predicted molar refractivity (Wildman–Crippen MR) is 111 cm³/mol. The molecule has 154 valence electrons. The van der Waals surface area contributed by atoms with Crippen LogP contribution >= 0.6 is 0 Å². The third kappa shape index (κ3) is 3.28. The highest BCUT2D eigenvalue weighted by atomic mass is 16.5. The molecule has 1 aliphatic carbocycles. The number of aromatic nitrogens is 2. The molecule has 0 spiro atoms. The molecule has 3 heterocycles. The Kier molecular flexibility index (Phi) is 4.51. The van der Waals surface area contributed by atoms with E-state index >= 15 is 0 Å². The molecule has 1 aromatic heterocycles. The molecular weight excluding hydrogens is 364 g/mol. The van der Waals surface area contributed by atoms with Crippen molar-refractivity contribution in [2.45, 2.75) is 20.3 Å². The minimum Gasteiger partial charge on any atom is -0.379 e. The predicted octanol–water partition coefficient (Wildman–Crippen LogP) is 2.69. The van der Waals surface area contributed by atoms with Gasteiger partial charge in [0.1, 0.15) is 0 Å². The van der Waals surface area contributed by atoms with E-state index in [4.69, 9.17) is 4.74 Å². The van der Waals surface area contributed by atoms with Crippen LogP contribution in [0.15, 0.2) is 43.0 Å². The number of hydrogen-bond donors (Lipinski definition) is 0. The van der Waals surface area contributed by atoms with E-state index in [1.54, 1.807) is 12.5 Å². The first-order chi connectivity index (χ1) is 14.0. The Labute approximate surface area is 172 Å². The normalized spacial score (nSPS) is 28.8. The maximum Gasteiger partial charge on any atom is 0.253 e. The second kappa shape index (κ2) is 6.96. The molecule has 2 atom stereocenters. The summed E-state index contributed by atoms with van der Waals surface area (Å²) in [5.41, 5.74) is 2.35. The molecule has 1 saturated carbocycles. The number of hydrogen-bond acceptors (Lipinski definition) is 4. The lowest BCUT2D eigenvalue weighted by atomic mass is 9.48. The van der Waals surface area contributed by atoms with Gasteiger partial charge in [0.15, 0.2) is 0 Å². The molecule has 0 N–H and O–H groups in total. The largest absolute Gasteiger partial charge is 0.379 e. The molecule has 0 unspecified atom stereocenters. The summed E-state index contributed by atoms with van der Waals surface area (Å²) in [6, 6.07) is 7.87. The number of ether oxygens (including phenoxy) is 1. The van der Waals surface area contributed by atoms with Crippen molar-refractivity contribution in [3.8, 4) is 5.69 Å². The van der Waals surface area contributed by atoms with Gasteiger partial charge in [0.25, 0.3) is 5.91 Å². The highest BCUT2D eigenvalue weighted by molar-refractivity contribution is 5.94. The molecule has 0 bridgehead atoms. The van der Waals surface area contributed by atoms with Crippen LogP contribution < -0.4 is 0 Å². The number of fused-ring (bicyclic) bond motifs is 1. The van der Waals surface area contributed by atoms with Crippen molar-refractivity contribution >= 4 is 5.91 Å². The van der Waals surface area contributed by atoms with Crippen molar-refractivity contribution in [3.63, 3.8) is 0 Å².